The van der Waals surface area contributed by atoms with Gasteiger partial charge < -0.3 is 5.32 Å². The summed E-state index contributed by atoms with van der Waals surface area (Å²) in [6.45, 7) is 4.82. The summed E-state index contributed by atoms with van der Waals surface area (Å²) in [6, 6.07) is 8.18. The number of halogens is 1. The van der Waals surface area contributed by atoms with E-state index >= 15 is 0 Å². The Morgan fingerprint density at radius 3 is 2.71 bits per heavy atom. The Hall–Kier alpha value is -2.41. The van der Waals surface area contributed by atoms with Crippen molar-refractivity contribution in [3.63, 3.8) is 0 Å². The minimum atomic E-state index is -0.135. The molecule has 0 aliphatic carbocycles. The van der Waals surface area contributed by atoms with E-state index in [0.717, 1.165) is 10.2 Å². The molecule has 0 unspecified atom stereocenters. The van der Waals surface area contributed by atoms with Crippen LogP contribution < -0.4 is 5.32 Å². The van der Waals surface area contributed by atoms with Crippen LogP contribution in [-0.4, -0.2) is 25.5 Å². The monoisotopic (exact) mass is 387 g/mol. The number of carbonyl (C=O) groups is 1. The molecular weight excluding hydrogens is 370 g/mol. The normalized spacial score (nSPS) is 10.8. The van der Waals surface area contributed by atoms with Crippen molar-refractivity contribution in [1.82, 2.24) is 19.6 Å². The van der Waals surface area contributed by atoms with Crippen LogP contribution in [0.3, 0.4) is 0 Å². The molecule has 0 bridgehead atoms. The van der Waals surface area contributed by atoms with Crippen LogP contribution in [0.5, 0.6) is 0 Å². The number of carbonyl (C=O) groups excluding carboxylic acids is 1. The lowest BCUT2D eigenvalue weighted by molar-refractivity contribution is -0.116. The molecule has 2 heterocycles. The van der Waals surface area contributed by atoms with Crippen LogP contribution in [0.15, 0.2) is 47.3 Å². The molecule has 0 radical (unpaired) electrons. The summed E-state index contributed by atoms with van der Waals surface area (Å²) < 4.78 is 4.35. The standard InChI is InChI=1S/C17H18BrN5O/c1-12-5-3-4-6-14(12)9-22-10-15(7-19-22)21-17(24)11-23-13(2)16(18)8-20-23/h3-8,10H,9,11H2,1-2H3,(H,21,24). The molecule has 0 fully saturated rings. The van der Waals surface area contributed by atoms with E-state index < -0.39 is 0 Å². The second kappa shape index (κ2) is 7.00. The highest BCUT2D eigenvalue weighted by Crippen LogP contribution is 2.15. The predicted molar refractivity (Wildman–Crippen MR) is 95.8 cm³/mol. The molecule has 0 aliphatic rings. The first kappa shape index (κ1) is 16.4. The van der Waals surface area contributed by atoms with Crippen LogP contribution in [0.2, 0.25) is 0 Å². The molecule has 6 nitrogen and oxygen atoms in total. The van der Waals surface area contributed by atoms with Crippen molar-refractivity contribution in [3.05, 3.63) is 64.1 Å². The van der Waals surface area contributed by atoms with Crippen molar-refractivity contribution in [2.75, 3.05) is 5.32 Å². The highest BCUT2D eigenvalue weighted by Gasteiger charge is 2.10. The van der Waals surface area contributed by atoms with Gasteiger partial charge in [-0.25, -0.2) is 0 Å². The SMILES string of the molecule is Cc1ccccc1Cn1cc(NC(=O)Cn2ncc(Br)c2C)cn1. The van der Waals surface area contributed by atoms with Gasteiger partial charge in [0, 0.05) is 6.20 Å². The number of hydrogen-bond donors (Lipinski definition) is 1. The number of aryl methyl sites for hydroxylation is 1. The summed E-state index contributed by atoms with van der Waals surface area (Å²) in [4.78, 5) is 12.1. The first-order valence-corrected chi connectivity index (χ1v) is 8.37. The van der Waals surface area contributed by atoms with Gasteiger partial charge in [-0.1, -0.05) is 24.3 Å². The van der Waals surface area contributed by atoms with Crippen molar-refractivity contribution in [1.29, 1.82) is 0 Å². The molecule has 7 heteroatoms. The van der Waals surface area contributed by atoms with Gasteiger partial charge in [-0.05, 0) is 40.9 Å². The van der Waals surface area contributed by atoms with Gasteiger partial charge in [0.1, 0.15) is 6.54 Å². The van der Waals surface area contributed by atoms with Crippen LogP contribution in [0, 0.1) is 13.8 Å². The molecule has 0 saturated heterocycles. The van der Waals surface area contributed by atoms with Gasteiger partial charge in [-0.3, -0.25) is 14.2 Å². The van der Waals surface area contributed by atoms with Crippen molar-refractivity contribution in [2.24, 2.45) is 0 Å². The lowest BCUT2D eigenvalue weighted by Gasteiger charge is -2.06. The van der Waals surface area contributed by atoms with Crippen LogP contribution in [0.25, 0.3) is 0 Å². The quantitative estimate of drug-likeness (QED) is 0.731. The van der Waals surface area contributed by atoms with E-state index in [1.165, 1.54) is 11.1 Å². The fourth-order valence-corrected chi connectivity index (χ4v) is 2.69. The maximum absolute atomic E-state index is 12.1. The van der Waals surface area contributed by atoms with Gasteiger partial charge in [-0.15, -0.1) is 0 Å². The molecule has 1 amide bonds. The molecule has 0 atom stereocenters. The zero-order valence-corrected chi connectivity index (χ0v) is 15.1. The smallest absolute Gasteiger partial charge is 0.246 e. The minimum absolute atomic E-state index is 0.135. The topological polar surface area (TPSA) is 64.7 Å². The minimum Gasteiger partial charge on any atom is -0.322 e. The highest BCUT2D eigenvalue weighted by atomic mass is 79.9. The molecule has 3 rings (SSSR count). The second-order valence-corrected chi connectivity index (χ2v) is 6.49. The summed E-state index contributed by atoms with van der Waals surface area (Å²) >= 11 is 3.39. The van der Waals surface area contributed by atoms with Gasteiger partial charge in [-0.2, -0.15) is 10.2 Å². The number of aromatic nitrogens is 4. The van der Waals surface area contributed by atoms with E-state index in [1.807, 2.05) is 29.9 Å². The second-order valence-electron chi connectivity index (χ2n) is 5.64. The Morgan fingerprint density at radius 1 is 1.21 bits per heavy atom. The number of nitrogens with zero attached hydrogens (tertiary/aromatic N) is 4. The summed E-state index contributed by atoms with van der Waals surface area (Å²) in [5, 5.41) is 11.3. The molecule has 24 heavy (non-hydrogen) atoms. The first-order valence-electron chi connectivity index (χ1n) is 7.57. The van der Waals surface area contributed by atoms with Crippen molar-refractivity contribution >= 4 is 27.5 Å². The molecular formula is C17H18BrN5O. The number of benzene rings is 1. The molecule has 1 N–H and O–H groups in total. The fourth-order valence-electron chi connectivity index (χ4n) is 2.40. The summed E-state index contributed by atoms with van der Waals surface area (Å²) in [7, 11) is 0. The Labute approximate surface area is 148 Å². The highest BCUT2D eigenvalue weighted by molar-refractivity contribution is 9.10. The zero-order chi connectivity index (χ0) is 17.1. The van der Waals surface area contributed by atoms with Crippen molar-refractivity contribution in [3.8, 4) is 0 Å². The van der Waals surface area contributed by atoms with E-state index in [0.29, 0.717) is 12.2 Å². The van der Waals surface area contributed by atoms with E-state index in [9.17, 15) is 4.79 Å². The molecule has 3 aromatic rings. The predicted octanol–water partition coefficient (Wildman–Crippen LogP) is 3.15. The molecule has 0 spiro atoms. The number of rotatable bonds is 5. The van der Waals surface area contributed by atoms with Crippen LogP contribution in [-0.2, 0) is 17.9 Å². The van der Waals surface area contributed by atoms with Gasteiger partial charge in [0.05, 0.1) is 34.8 Å². The zero-order valence-electron chi connectivity index (χ0n) is 13.5. The summed E-state index contributed by atoms with van der Waals surface area (Å²) in [5.41, 5.74) is 4.02. The van der Waals surface area contributed by atoms with Gasteiger partial charge >= 0.3 is 0 Å². The lowest BCUT2D eigenvalue weighted by Crippen LogP contribution is -2.20. The van der Waals surface area contributed by atoms with Crippen LogP contribution in [0.4, 0.5) is 5.69 Å². The van der Waals surface area contributed by atoms with Gasteiger partial charge in [0.25, 0.3) is 0 Å². The number of anilines is 1. The largest absolute Gasteiger partial charge is 0.322 e. The average Bonchev–Trinajstić information content (AvgIpc) is 3.11. The Bertz CT molecular complexity index is 868. The van der Waals surface area contributed by atoms with E-state index in [1.54, 1.807) is 17.1 Å². The van der Waals surface area contributed by atoms with E-state index in [4.69, 9.17) is 0 Å². The summed E-state index contributed by atoms with van der Waals surface area (Å²) in [6.07, 6.45) is 5.17. The maximum Gasteiger partial charge on any atom is 0.246 e. The lowest BCUT2D eigenvalue weighted by atomic mass is 10.1. The Kier molecular flexibility index (Phi) is 4.80. The first-order chi connectivity index (χ1) is 11.5. The Morgan fingerprint density at radius 2 is 2.00 bits per heavy atom. The van der Waals surface area contributed by atoms with Crippen LogP contribution >= 0.6 is 15.9 Å². The molecule has 124 valence electrons. The molecule has 1 aromatic carbocycles. The third kappa shape index (κ3) is 3.73. The van der Waals surface area contributed by atoms with Gasteiger partial charge in [0.2, 0.25) is 5.91 Å². The third-order valence-electron chi connectivity index (χ3n) is 3.85. The van der Waals surface area contributed by atoms with Gasteiger partial charge in [0.15, 0.2) is 0 Å². The molecule has 2 aromatic heterocycles. The molecule has 0 saturated carbocycles. The molecule has 0 aliphatic heterocycles. The third-order valence-corrected chi connectivity index (χ3v) is 4.63. The number of nitrogens with one attached hydrogen (secondary N) is 1. The summed E-state index contributed by atoms with van der Waals surface area (Å²) in [5.74, 6) is -0.135. The Balaban J connectivity index is 1.62. The number of hydrogen-bond acceptors (Lipinski definition) is 3. The van der Waals surface area contributed by atoms with E-state index in [2.05, 4.69) is 50.5 Å². The van der Waals surface area contributed by atoms with E-state index in [-0.39, 0.29) is 12.5 Å². The maximum atomic E-state index is 12.1. The fraction of sp³-hybridized carbons (Fsp3) is 0.235. The van der Waals surface area contributed by atoms with Crippen LogP contribution in [0.1, 0.15) is 16.8 Å². The van der Waals surface area contributed by atoms with Crippen molar-refractivity contribution in [2.45, 2.75) is 26.9 Å². The number of amides is 1. The van der Waals surface area contributed by atoms with Crippen molar-refractivity contribution < 1.29 is 4.79 Å². The average molecular weight is 388 g/mol.